The fraction of sp³-hybridized carbons (Fsp3) is 0.350. The summed E-state index contributed by atoms with van der Waals surface area (Å²) in [6.07, 6.45) is 1.84. The Hall–Kier alpha value is -2.53. The van der Waals surface area contributed by atoms with Gasteiger partial charge in [-0.3, -0.25) is 0 Å². The molecule has 0 amide bonds. The van der Waals surface area contributed by atoms with E-state index in [1.54, 1.807) is 0 Å². The SMILES string of the molecule is CNc1cccc(CNC2=Nc3ccccc3NC23CCOCC3)c1. The lowest BCUT2D eigenvalue weighted by Crippen LogP contribution is -2.56. The van der Waals surface area contributed by atoms with Crippen LogP contribution in [0.1, 0.15) is 18.4 Å². The molecule has 0 unspecified atom stereocenters. The Morgan fingerprint density at radius 1 is 1.12 bits per heavy atom. The minimum atomic E-state index is -0.160. The van der Waals surface area contributed by atoms with E-state index in [1.807, 2.05) is 13.1 Å². The molecule has 0 radical (unpaired) electrons. The van der Waals surface area contributed by atoms with Crippen LogP contribution in [-0.2, 0) is 11.3 Å². The zero-order chi connectivity index (χ0) is 17.1. The third-order valence-electron chi connectivity index (χ3n) is 4.99. The van der Waals surface area contributed by atoms with Crippen LogP contribution in [0.4, 0.5) is 17.1 Å². The summed E-state index contributed by atoms with van der Waals surface area (Å²) in [5.41, 5.74) is 4.29. The molecule has 0 bridgehead atoms. The fourth-order valence-electron chi connectivity index (χ4n) is 3.53. The van der Waals surface area contributed by atoms with Gasteiger partial charge in [-0.2, -0.15) is 0 Å². The van der Waals surface area contributed by atoms with Crippen molar-refractivity contribution in [2.45, 2.75) is 24.9 Å². The maximum absolute atomic E-state index is 5.60. The van der Waals surface area contributed by atoms with E-state index in [0.29, 0.717) is 0 Å². The number of amidine groups is 1. The first kappa shape index (κ1) is 16.0. The lowest BCUT2D eigenvalue weighted by atomic mass is 9.86. The van der Waals surface area contributed by atoms with Gasteiger partial charge in [0.25, 0.3) is 0 Å². The molecule has 0 saturated carbocycles. The molecule has 1 spiro atoms. The van der Waals surface area contributed by atoms with Gasteiger partial charge in [-0.25, -0.2) is 4.99 Å². The summed E-state index contributed by atoms with van der Waals surface area (Å²) in [4.78, 5) is 4.95. The van der Waals surface area contributed by atoms with Crippen molar-refractivity contribution in [3.05, 3.63) is 54.1 Å². The summed E-state index contributed by atoms with van der Waals surface area (Å²) in [6.45, 7) is 2.26. The van der Waals surface area contributed by atoms with Gasteiger partial charge in [-0.15, -0.1) is 0 Å². The molecule has 2 aliphatic heterocycles. The van der Waals surface area contributed by atoms with Crippen LogP contribution in [0.25, 0.3) is 0 Å². The number of ether oxygens (including phenoxy) is 1. The summed E-state index contributed by atoms with van der Waals surface area (Å²) in [5.74, 6) is 1.02. The monoisotopic (exact) mass is 336 g/mol. The summed E-state index contributed by atoms with van der Waals surface area (Å²) < 4.78 is 5.60. The van der Waals surface area contributed by atoms with Gasteiger partial charge in [0.05, 0.1) is 16.9 Å². The van der Waals surface area contributed by atoms with Crippen molar-refractivity contribution in [1.29, 1.82) is 0 Å². The maximum Gasteiger partial charge on any atom is 0.129 e. The summed E-state index contributed by atoms with van der Waals surface area (Å²) in [6, 6.07) is 16.7. The Kier molecular flexibility index (Phi) is 4.32. The van der Waals surface area contributed by atoms with E-state index in [1.165, 1.54) is 5.56 Å². The highest BCUT2D eigenvalue weighted by molar-refractivity contribution is 6.00. The van der Waals surface area contributed by atoms with E-state index in [2.05, 4.69) is 58.4 Å². The topological polar surface area (TPSA) is 57.7 Å². The number of rotatable bonds is 3. The van der Waals surface area contributed by atoms with Crippen molar-refractivity contribution in [3.8, 4) is 0 Å². The van der Waals surface area contributed by atoms with Crippen molar-refractivity contribution in [2.24, 2.45) is 4.99 Å². The molecule has 3 N–H and O–H groups in total. The van der Waals surface area contributed by atoms with Crippen LogP contribution in [0.3, 0.4) is 0 Å². The molecular weight excluding hydrogens is 312 g/mol. The number of nitrogens with one attached hydrogen (secondary N) is 3. The molecular formula is C20H24N4O. The summed E-state index contributed by atoms with van der Waals surface area (Å²) >= 11 is 0. The number of anilines is 2. The Labute approximate surface area is 148 Å². The minimum absolute atomic E-state index is 0.160. The van der Waals surface area contributed by atoms with E-state index in [-0.39, 0.29) is 5.54 Å². The highest BCUT2D eigenvalue weighted by Crippen LogP contribution is 2.37. The second kappa shape index (κ2) is 6.76. The van der Waals surface area contributed by atoms with Gasteiger partial charge >= 0.3 is 0 Å². The first-order valence-electron chi connectivity index (χ1n) is 8.84. The zero-order valence-electron chi connectivity index (χ0n) is 14.5. The van der Waals surface area contributed by atoms with Gasteiger partial charge in [0.2, 0.25) is 0 Å². The number of aliphatic imine (C=N–C) groups is 1. The summed E-state index contributed by atoms with van der Waals surface area (Å²) in [7, 11) is 1.94. The average molecular weight is 336 g/mol. The van der Waals surface area contributed by atoms with Crippen LogP contribution in [0.15, 0.2) is 53.5 Å². The number of para-hydroxylation sites is 2. The molecule has 1 fully saturated rings. The molecule has 1 saturated heterocycles. The number of benzene rings is 2. The third kappa shape index (κ3) is 3.20. The highest BCUT2D eigenvalue weighted by Gasteiger charge is 2.40. The van der Waals surface area contributed by atoms with E-state index in [0.717, 1.165) is 55.5 Å². The van der Waals surface area contributed by atoms with Crippen LogP contribution in [0, 0.1) is 0 Å². The van der Waals surface area contributed by atoms with Crippen molar-refractivity contribution in [3.63, 3.8) is 0 Å². The molecule has 2 heterocycles. The van der Waals surface area contributed by atoms with Crippen molar-refractivity contribution in [2.75, 3.05) is 30.9 Å². The third-order valence-corrected chi connectivity index (χ3v) is 4.99. The van der Waals surface area contributed by atoms with Crippen molar-refractivity contribution in [1.82, 2.24) is 5.32 Å². The van der Waals surface area contributed by atoms with Crippen LogP contribution in [0.2, 0.25) is 0 Å². The van der Waals surface area contributed by atoms with Crippen LogP contribution < -0.4 is 16.0 Å². The van der Waals surface area contributed by atoms with Crippen molar-refractivity contribution >= 4 is 22.9 Å². The van der Waals surface area contributed by atoms with Gasteiger partial charge in [0, 0.05) is 45.3 Å². The molecule has 0 aromatic heterocycles. The Morgan fingerprint density at radius 3 is 2.80 bits per heavy atom. The van der Waals surface area contributed by atoms with Gasteiger partial charge in [-0.1, -0.05) is 24.3 Å². The molecule has 25 heavy (non-hydrogen) atoms. The number of nitrogens with zero attached hydrogens (tertiary/aromatic N) is 1. The predicted molar refractivity (Wildman–Crippen MR) is 103 cm³/mol. The average Bonchev–Trinajstić information content (AvgIpc) is 2.67. The first-order valence-corrected chi connectivity index (χ1v) is 8.84. The lowest BCUT2D eigenvalue weighted by molar-refractivity contribution is 0.0771. The second-order valence-electron chi connectivity index (χ2n) is 6.60. The van der Waals surface area contributed by atoms with Gasteiger partial charge in [0.15, 0.2) is 0 Å². The Morgan fingerprint density at radius 2 is 1.96 bits per heavy atom. The number of fused-ring (bicyclic) bond motifs is 1. The van der Waals surface area contributed by atoms with Crippen molar-refractivity contribution < 1.29 is 4.74 Å². The highest BCUT2D eigenvalue weighted by atomic mass is 16.5. The first-order chi connectivity index (χ1) is 12.3. The van der Waals surface area contributed by atoms with E-state index < -0.39 is 0 Å². The van der Waals surface area contributed by atoms with Gasteiger partial charge in [0.1, 0.15) is 5.84 Å². The molecule has 2 aromatic rings. The van der Waals surface area contributed by atoms with Crippen LogP contribution in [-0.4, -0.2) is 31.6 Å². The van der Waals surface area contributed by atoms with Crippen LogP contribution >= 0.6 is 0 Å². The Balaban J connectivity index is 1.61. The summed E-state index contributed by atoms with van der Waals surface area (Å²) in [5, 5.41) is 10.5. The molecule has 2 aliphatic rings. The van der Waals surface area contributed by atoms with Crippen LogP contribution in [0.5, 0.6) is 0 Å². The van der Waals surface area contributed by atoms with Gasteiger partial charge in [-0.05, 0) is 29.8 Å². The molecule has 5 nitrogen and oxygen atoms in total. The number of hydrogen-bond acceptors (Lipinski definition) is 5. The Bertz CT molecular complexity index is 781. The maximum atomic E-state index is 5.60. The van der Waals surface area contributed by atoms with E-state index in [9.17, 15) is 0 Å². The minimum Gasteiger partial charge on any atom is -0.388 e. The largest absolute Gasteiger partial charge is 0.388 e. The standard InChI is InChI=1S/C20H24N4O/c1-21-16-6-4-5-15(13-16)14-22-19-20(9-11-25-12-10-20)24-18-8-3-2-7-17(18)23-19/h2-8,13,21,24H,9-12,14H2,1H3,(H,22,23). The molecule has 130 valence electrons. The molecule has 0 aliphatic carbocycles. The van der Waals surface area contributed by atoms with E-state index in [4.69, 9.17) is 9.73 Å². The second-order valence-corrected chi connectivity index (χ2v) is 6.60. The molecule has 0 atom stereocenters. The molecule has 5 heteroatoms. The smallest absolute Gasteiger partial charge is 0.129 e. The lowest BCUT2D eigenvalue weighted by Gasteiger charge is -2.42. The molecule has 2 aromatic carbocycles. The number of hydrogen-bond donors (Lipinski definition) is 3. The normalized spacial score (nSPS) is 18.0. The van der Waals surface area contributed by atoms with E-state index >= 15 is 0 Å². The zero-order valence-corrected chi connectivity index (χ0v) is 14.5. The molecule has 4 rings (SSSR count). The fourth-order valence-corrected chi connectivity index (χ4v) is 3.53. The quantitative estimate of drug-likeness (QED) is 0.803. The van der Waals surface area contributed by atoms with Gasteiger partial charge < -0.3 is 20.7 Å². The predicted octanol–water partition coefficient (Wildman–Crippen LogP) is 3.52.